The van der Waals surface area contributed by atoms with Gasteiger partial charge in [-0.05, 0) is 6.08 Å². The van der Waals surface area contributed by atoms with Gasteiger partial charge in [-0.1, -0.05) is 24.3 Å². The summed E-state index contributed by atoms with van der Waals surface area (Å²) in [6, 6.07) is 5.37. The van der Waals surface area contributed by atoms with Gasteiger partial charge in [-0.3, -0.25) is 0 Å². The number of sulfonamides is 1. The van der Waals surface area contributed by atoms with Gasteiger partial charge in [0.2, 0.25) is 10.0 Å². The van der Waals surface area contributed by atoms with E-state index < -0.39 is 10.0 Å². The highest BCUT2D eigenvalue weighted by Crippen LogP contribution is 2.28. The largest absolute Gasteiger partial charge is 0.489 e. The highest BCUT2D eigenvalue weighted by molar-refractivity contribution is 7.88. The molecule has 0 fully saturated rings. The minimum absolute atomic E-state index is 0.190. The summed E-state index contributed by atoms with van der Waals surface area (Å²) in [6.45, 7) is 0.467. The topological polar surface area (TPSA) is 69.4 Å². The molecule has 0 saturated heterocycles. The molecule has 1 aliphatic heterocycles. The Morgan fingerprint density at radius 3 is 2.93 bits per heavy atom. The fourth-order valence-electron chi connectivity index (χ4n) is 1.55. The molecule has 5 heteroatoms. The van der Waals surface area contributed by atoms with Crippen LogP contribution in [-0.2, 0) is 15.8 Å². The number of para-hydroxylation sites is 1. The third kappa shape index (κ3) is 2.37. The molecule has 2 N–H and O–H groups in total. The summed E-state index contributed by atoms with van der Waals surface area (Å²) in [5, 5.41) is 5.00. The fourth-order valence-corrected chi connectivity index (χ4v) is 2.21. The zero-order chi connectivity index (χ0) is 10.9. The SMILES string of the molecule is NS(=O)(=O)Cc1cccc2c1OCC=C2. The molecule has 0 atom stereocenters. The predicted molar refractivity (Wildman–Crippen MR) is 57.8 cm³/mol. The lowest BCUT2D eigenvalue weighted by atomic mass is 10.1. The maximum absolute atomic E-state index is 11.0. The van der Waals surface area contributed by atoms with Crippen molar-refractivity contribution >= 4 is 16.1 Å². The molecule has 0 spiro atoms. The average Bonchev–Trinajstić information content (AvgIpc) is 2.16. The lowest BCUT2D eigenvalue weighted by molar-refractivity contribution is 0.355. The van der Waals surface area contributed by atoms with Crippen molar-refractivity contribution in [3.8, 4) is 5.75 Å². The maximum Gasteiger partial charge on any atom is 0.213 e. The Bertz CT molecular complexity index is 505. The van der Waals surface area contributed by atoms with E-state index in [4.69, 9.17) is 9.88 Å². The summed E-state index contributed by atoms with van der Waals surface area (Å²) in [6.07, 6.45) is 3.79. The first kappa shape index (κ1) is 10.2. The van der Waals surface area contributed by atoms with Crippen LogP contribution in [0.5, 0.6) is 5.75 Å². The van der Waals surface area contributed by atoms with Gasteiger partial charge in [0.05, 0.1) is 5.75 Å². The van der Waals surface area contributed by atoms with Gasteiger partial charge in [0.15, 0.2) is 0 Å². The second-order valence-electron chi connectivity index (χ2n) is 3.36. The van der Waals surface area contributed by atoms with Crippen LogP contribution in [0.2, 0.25) is 0 Å². The van der Waals surface area contributed by atoms with Crippen molar-refractivity contribution in [1.29, 1.82) is 0 Å². The lowest BCUT2D eigenvalue weighted by Gasteiger charge is -2.15. The van der Waals surface area contributed by atoms with Gasteiger partial charge in [-0.25, -0.2) is 13.6 Å². The van der Waals surface area contributed by atoms with Crippen LogP contribution < -0.4 is 9.88 Å². The quantitative estimate of drug-likeness (QED) is 0.812. The number of hydrogen-bond acceptors (Lipinski definition) is 3. The standard InChI is InChI=1S/C10H11NO3S/c11-15(12,13)7-9-4-1-3-8-5-2-6-14-10(8)9/h1-5H,6-7H2,(H2,11,12,13). The lowest BCUT2D eigenvalue weighted by Crippen LogP contribution is -2.16. The Kier molecular flexibility index (Phi) is 2.50. The van der Waals surface area contributed by atoms with E-state index in [9.17, 15) is 8.42 Å². The molecule has 1 aromatic carbocycles. The molecule has 0 radical (unpaired) electrons. The van der Waals surface area contributed by atoms with Crippen molar-refractivity contribution in [2.24, 2.45) is 5.14 Å². The van der Waals surface area contributed by atoms with Crippen molar-refractivity contribution in [3.63, 3.8) is 0 Å². The summed E-state index contributed by atoms with van der Waals surface area (Å²) in [5.74, 6) is 0.429. The summed E-state index contributed by atoms with van der Waals surface area (Å²) in [7, 11) is -3.51. The van der Waals surface area contributed by atoms with Crippen LogP contribution in [0.1, 0.15) is 11.1 Å². The zero-order valence-electron chi connectivity index (χ0n) is 8.01. The number of hydrogen-bond donors (Lipinski definition) is 1. The van der Waals surface area contributed by atoms with Gasteiger partial charge in [-0.2, -0.15) is 0 Å². The first-order chi connectivity index (χ1) is 7.06. The average molecular weight is 225 g/mol. The van der Waals surface area contributed by atoms with Crippen LogP contribution in [0.25, 0.3) is 6.08 Å². The Balaban J connectivity index is 2.45. The highest BCUT2D eigenvalue weighted by Gasteiger charge is 2.14. The molecule has 0 saturated carbocycles. The van der Waals surface area contributed by atoms with Gasteiger partial charge in [0.25, 0.3) is 0 Å². The molecule has 0 unspecified atom stereocenters. The van der Waals surface area contributed by atoms with Crippen molar-refractivity contribution < 1.29 is 13.2 Å². The van der Waals surface area contributed by atoms with Crippen LogP contribution in [0.15, 0.2) is 24.3 Å². The second-order valence-corrected chi connectivity index (χ2v) is 4.97. The van der Waals surface area contributed by atoms with E-state index in [-0.39, 0.29) is 5.75 Å². The monoisotopic (exact) mass is 225 g/mol. The molecule has 0 amide bonds. The minimum Gasteiger partial charge on any atom is -0.489 e. The van der Waals surface area contributed by atoms with Crippen molar-refractivity contribution in [1.82, 2.24) is 0 Å². The van der Waals surface area contributed by atoms with Crippen LogP contribution in [0.3, 0.4) is 0 Å². The van der Waals surface area contributed by atoms with E-state index in [2.05, 4.69) is 0 Å². The van der Waals surface area contributed by atoms with Crippen LogP contribution in [0, 0.1) is 0 Å². The number of rotatable bonds is 2. The van der Waals surface area contributed by atoms with E-state index in [1.165, 1.54) is 0 Å². The summed E-state index contributed by atoms with van der Waals surface area (Å²) >= 11 is 0. The molecule has 0 aliphatic carbocycles. The molecule has 4 nitrogen and oxygen atoms in total. The van der Waals surface area contributed by atoms with Crippen molar-refractivity contribution in [2.45, 2.75) is 5.75 Å². The summed E-state index contributed by atoms with van der Waals surface area (Å²) in [5.41, 5.74) is 1.50. The molecule has 0 aromatic heterocycles. The smallest absolute Gasteiger partial charge is 0.213 e. The number of ether oxygens (including phenoxy) is 1. The van der Waals surface area contributed by atoms with E-state index >= 15 is 0 Å². The Labute approximate surface area is 88.4 Å². The van der Waals surface area contributed by atoms with E-state index in [1.807, 2.05) is 18.2 Å². The second kappa shape index (κ2) is 3.67. The zero-order valence-corrected chi connectivity index (χ0v) is 8.83. The van der Waals surface area contributed by atoms with Gasteiger partial charge in [0, 0.05) is 11.1 Å². The predicted octanol–water partition coefficient (Wildman–Crippen LogP) is 0.881. The van der Waals surface area contributed by atoms with E-state index in [1.54, 1.807) is 12.1 Å². The minimum atomic E-state index is -3.51. The number of primary sulfonamides is 1. The molecular formula is C10H11NO3S. The summed E-state index contributed by atoms with van der Waals surface area (Å²) < 4.78 is 27.4. The maximum atomic E-state index is 11.0. The van der Waals surface area contributed by atoms with Crippen LogP contribution >= 0.6 is 0 Å². The third-order valence-corrected chi connectivity index (χ3v) is 2.82. The molecular weight excluding hydrogens is 214 g/mol. The molecule has 1 aromatic rings. The van der Waals surface area contributed by atoms with Gasteiger partial charge >= 0.3 is 0 Å². The number of nitrogens with two attached hydrogens (primary N) is 1. The normalized spacial score (nSPS) is 14.5. The number of benzene rings is 1. The van der Waals surface area contributed by atoms with Gasteiger partial charge in [0.1, 0.15) is 12.4 Å². The summed E-state index contributed by atoms with van der Waals surface area (Å²) in [4.78, 5) is 0. The molecule has 0 bridgehead atoms. The van der Waals surface area contributed by atoms with Gasteiger partial charge in [-0.15, -0.1) is 0 Å². The molecule has 15 heavy (non-hydrogen) atoms. The first-order valence-electron chi connectivity index (χ1n) is 4.48. The van der Waals surface area contributed by atoms with Gasteiger partial charge < -0.3 is 4.74 Å². The van der Waals surface area contributed by atoms with Crippen LogP contribution in [-0.4, -0.2) is 15.0 Å². The molecule has 2 rings (SSSR count). The van der Waals surface area contributed by atoms with E-state index in [0.717, 1.165) is 5.56 Å². The Morgan fingerprint density at radius 1 is 1.40 bits per heavy atom. The Hall–Kier alpha value is -1.33. The van der Waals surface area contributed by atoms with Crippen molar-refractivity contribution in [2.75, 3.05) is 6.61 Å². The third-order valence-electron chi connectivity index (χ3n) is 2.11. The van der Waals surface area contributed by atoms with E-state index in [0.29, 0.717) is 17.9 Å². The molecule has 1 aliphatic rings. The fraction of sp³-hybridized carbons (Fsp3) is 0.200. The number of fused-ring (bicyclic) bond motifs is 1. The Morgan fingerprint density at radius 2 is 2.20 bits per heavy atom. The molecule has 1 heterocycles. The first-order valence-corrected chi connectivity index (χ1v) is 6.19. The molecule has 80 valence electrons. The highest BCUT2D eigenvalue weighted by atomic mass is 32.2. The van der Waals surface area contributed by atoms with Crippen LogP contribution in [0.4, 0.5) is 0 Å². The van der Waals surface area contributed by atoms with Crippen molar-refractivity contribution in [3.05, 3.63) is 35.4 Å².